The van der Waals surface area contributed by atoms with E-state index >= 15 is 0 Å². The lowest BCUT2D eigenvalue weighted by molar-refractivity contribution is -0.158. The maximum Gasteiger partial charge on any atom is 0.225 e. The zero-order valence-electron chi connectivity index (χ0n) is 8.50. The predicted octanol–water partition coefficient (Wildman–Crippen LogP) is -2.56. The summed E-state index contributed by atoms with van der Waals surface area (Å²) in [4.78, 5) is 11.3. The molecule has 1 amide bonds. The van der Waals surface area contributed by atoms with Crippen molar-refractivity contribution in [2.75, 3.05) is 13.7 Å². The van der Waals surface area contributed by atoms with Crippen LogP contribution in [0.4, 0.5) is 0 Å². The summed E-state index contributed by atoms with van der Waals surface area (Å²) in [5, 5.41) is 39.8. The van der Waals surface area contributed by atoms with Crippen LogP contribution in [0.3, 0.4) is 0 Å². The minimum atomic E-state index is -1.39. The number of aliphatic hydroxyl groups excluding tert-OH is 4. The number of rotatable bonds is 2. The van der Waals surface area contributed by atoms with Crippen molar-refractivity contribution in [3.63, 3.8) is 0 Å². The fourth-order valence-corrected chi connectivity index (χ4v) is 1.95. The molecule has 0 bridgehead atoms. The zero-order chi connectivity index (χ0) is 11.6. The monoisotopic (exact) mass is 219 g/mol. The maximum absolute atomic E-state index is 11.3. The number of aliphatic hydroxyl groups is 4. The molecule has 15 heavy (non-hydrogen) atoms. The van der Waals surface area contributed by atoms with E-state index in [0.717, 1.165) is 0 Å². The fourth-order valence-electron chi connectivity index (χ4n) is 1.95. The van der Waals surface area contributed by atoms with Gasteiger partial charge in [-0.15, -0.1) is 0 Å². The molecule has 0 aromatic carbocycles. The predicted molar refractivity (Wildman–Crippen MR) is 50.8 cm³/mol. The van der Waals surface area contributed by atoms with E-state index in [1.165, 1.54) is 7.05 Å². The molecule has 0 saturated heterocycles. The molecule has 0 spiro atoms. The molecular formula is C9H17NO5. The first-order chi connectivity index (χ1) is 7.02. The molecule has 88 valence electrons. The minimum absolute atomic E-state index is 0.162. The Bertz CT molecular complexity index is 233. The first-order valence-electron chi connectivity index (χ1n) is 4.89. The van der Waals surface area contributed by atoms with Gasteiger partial charge in [0.2, 0.25) is 5.91 Å². The van der Waals surface area contributed by atoms with E-state index < -0.39 is 36.1 Å². The van der Waals surface area contributed by atoms with Crippen molar-refractivity contribution < 1.29 is 25.2 Å². The van der Waals surface area contributed by atoms with Gasteiger partial charge in [-0.1, -0.05) is 0 Å². The summed E-state index contributed by atoms with van der Waals surface area (Å²) in [5.74, 6) is -1.76. The van der Waals surface area contributed by atoms with Crippen molar-refractivity contribution >= 4 is 5.91 Å². The maximum atomic E-state index is 11.3. The van der Waals surface area contributed by atoms with Crippen LogP contribution in [0.15, 0.2) is 0 Å². The average Bonchev–Trinajstić information content (AvgIpc) is 2.25. The van der Waals surface area contributed by atoms with Crippen molar-refractivity contribution in [1.29, 1.82) is 0 Å². The van der Waals surface area contributed by atoms with Gasteiger partial charge in [0, 0.05) is 19.6 Å². The van der Waals surface area contributed by atoms with Gasteiger partial charge in [-0.05, 0) is 6.42 Å². The average molecular weight is 219 g/mol. The molecule has 0 aliphatic heterocycles. The summed E-state index contributed by atoms with van der Waals surface area (Å²) in [6.45, 7) is -0.321. The number of carbonyl (C=O) groups excluding carboxylic acids is 1. The summed E-state index contributed by atoms with van der Waals surface area (Å²) in [6.07, 6.45) is -3.71. The Morgan fingerprint density at radius 1 is 1.27 bits per heavy atom. The lowest BCUT2D eigenvalue weighted by Gasteiger charge is -2.38. The number of hydrogen-bond donors (Lipinski definition) is 5. The highest BCUT2D eigenvalue weighted by molar-refractivity contribution is 5.79. The quantitative estimate of drug-likeness (QED) is 0.351. The smallest absolute Gasteiger partial charge is 0.225 e. The number of hydrogen-bond acceptors (Lipinski definition) is 5. The third-order valence-electron chi connectivity index (χ3n) is 2.97. The van der Waals surface area contributed by atoms with Crippen molar-refractivity contribution in [2.45, 2.75) is 24.7 Å². The van der Waals surface area contributed by atoms with E-state index in [9.17, 15) is 20.1 Å². The Hall–Kier alpha value is -0.690. The summed E-state index contributed by atoms with van der Waals surface area (Å²) in [5.41, 5.74) is 0. The lowest BCUT2D eigenvalue weighted by atomic mass is 9.75. The second kappa shape index (κ2) is 4.89. The molecule has 1 saturated carbocycles. The van der Waals surface area contributed by atoms with Crippen LogP contribution in [0.2, 0.25) is 0 Å². The minimum Gasteiger partial charge on any atom is -0.396 e. The molecule has 0 aromatic heterocycles. The van der Waals surface area contributed by atoms with Gasteiger partial charge in [-0.25, -0.2) is 0 Å². The largest absolute Gasteiger partial charge is 0.396 e. The summed E-state index contributed by atoms with van der Waals surface area (Å²) in [6, 6.07) is 0. The molecule has 0 aromatic rings. The summed E-state index contributed by atoms with van der Waals surface area (Å²) < 4.78 is 0. The van der Waals surface area contributed by atoms with Crippen LogP contribution in [0, 0.1) is 11.8 Å². The Morgan fingerprint density at radius 2 is 1.87 bits per heavy atom. The first-order valence-corrected chi connectivity index (χ1v) is 4.89. The number of carbonyl (C=O) groups is 1. The van der Waals surface area contributed by atoms with Gasteiger partial charge in [0.15, 0.2) is 0 Å². The van der Waals surface area contributed by atoms with Gasteiger partial charge < -0.3 is 25.7 Å². The van der Waals surface area contributed by atoms with E-state index in [1.54, 1.807) is 0 Å². The Kier molecular flexibility index (Phi) is 4.04. The van der Waals surface area contributed by atoms with E-state index in [4.69, 9.17) is 5.11 Å². The second-order valence-corrected chi connectivity index (χ2v) is 3.87. The van der Waals surface area contributed by atoms with E-state index in [-0.39, 0.29) is 13.0 Å². The molecule has 5 atom stereocenters. The summed E-state index contributed by atoms with van der Waals surface area (Å²) >= 11 is 0. The van der Waals surface area contributed by atoms with Crippen LogP contribution in [0.1, 0.15) is 6.42 Å². The van der Waals surface area contributed by atoms with Gasteiger partial charge in [-0.3, -0.25) is 4.79 Å². The van der Waals surface area contributed by atoms with Gasteiger partial charge >= 0.3 is 0 Å². The Morgan fingerprint density at radius 3 is 2.33 bits per heavy atom. The molecule has 0 radical (unpaired) electrons. The van der Waals surface area contributed by atoms with E-state index in [0.29, 0.717) is 0 Å². The lowest BCUT2D eigenvalue weighted by Crippen LogP contribution is -2.55. The van der Waals surface area contributed by atoms with Gasteiger partial charge in [0.05, 0.1) is 18.1 Å². The standard InChI is InChI=1S/C9H17NO5/c1-10-9(15)5-2-4(3-11)6(12)8(14)7(5)13/h4-8,11-14H,2-3H2,1H3,(H,10,15)/t4-,5+,6-,7-,8+/m1/s1. The highest BCUT2D eigenvalue weighted by Crippen LogP contribution is 2.30. The Balaban J connectivity index is 2.78. The van der Waals surface area contributed by atoms with Gasteiger partial charge in [0.25, 0.3) is 0 Å². The van der Waals surface area contributed by atoms with E-state index in [2.05, 4.69) is 5.32 Å². The summed E-state index contributed by atoms with van der Waals surface area (Å²) in [7, 11) is 1.43. The molecular weight excluding hydrogens is 202 g/mol. The topological polar surface area (TPSA) is 110 Å². The highest BCUT2D eigenvalue weighted by atomic mass is 16.4. The highest BCUT2D eigenvalue weighted by Gasteiger charge is 2.44. The Labute approximate surface area is 87.5 Å². The third kappa shape index (κ3) is 2.28. The van der Waals surface area contributed by atoms with Crippen molar-refractivity contribution in [3.05, 3.63) is 0 Å². The fraction of sp³-hybridized carbons (Fsp3) is 0.889. The normalized spacial score (nSPS) is 41.3. The molecule has 1 rings (SSSR count). The van der Waals surface area contributed by atoms with Gasteiger partial charge in [0.1, 0.15) is 6.10 Å². The molecule has 6 heteroatoms. The van der Waals surface area contributed by atoms with Crippen LogP contribution in [0.25, 0.3) is 0 Å². The number of amides is 1. The number of nitrogens with one attached hydrogen (secondary N) is 1. The second-order valence-electron chi connectivity index (χ2n) is 3.87. The SMILES string of the molecule is CNC(=O)[C@H]1C[C@H](CO)[C@@H](O)[C@H](O)[C@@H]1O. The van der Waals surface area contributed by atoms with Crippen molar-refractivity contribution in [3.8, 4) is 0 Å². The van der Waals surface area contributed by atoms with Gasteiger partial charge in [-0.2, -0.15) is 0 Å². The molecule has 1 fully saturated rings. The van der Waals surface area contributed by atoms with Crippen LogP contribution in [-0.2, 0) is 4.79 Å². The molecule has 1 aliphatic carbocycles. The van der Waals surface area contributed by atoms with E-state index in [1.807, 2.05) is 0 Å². The zero-order valence-corrected chi connectivity index (χ0v) is 8.50. The molecule has 6 nitrogen and oxygen atoms in total. The first kappa shape index (κ1) is 12.4. The van der Waals surface area contributed by atoms with Crippen molar-refractivity contribution in [1.82, 2.24) is 5.32 Å². The molecule has 0 unspecified atom stereocenters. The van der Waals surface area contributed by atoms with Crippen LogP contribution < -0.4 is 5.32 Å². The van der Waals surface area contributed by atoms with Crippen LogP contribution in [0.5, 0.6) is 0 Å². The van der Waals surface area contributed by atoms with Crippen LogP contribution in [-0.4, -0.2) is 58.3 Å². The molecule has 0 heterocycles. The third-order valence-corrected chi connectivity index (χ3v) is 2.97. The molecule has 1 aliphatic rings. The molecule has 5 N–H and O–H groups in total. The van der Waals surface area contributed by atoms with Crippen LogP contribution >= 0.6 is 0 Å². The van der Waals surface area contributed by atoms with Crippen molar-refractivity contribution in [2.24, 2.45) is 11.8 Å².